The highest BCUT2D eigenvalue weighted by Gasteiger charge is 2.19. The van der Waals surface area contributed by atoms with Gasteiger partial charge in [-0.15, -0.1) is 0 Å². The molecule has 1 aromatic heterocycles. The predicted molar refractivity (Wildman–Crippen MR) is 82.0 cm³/mol. The average molecular weight is 270 g/mol. The Hall–Kier alpha value is -1.81. The molecule has 0 radical (unpaired) electrons. The molecule has 3 rings (SSSR count). The molecule has 2 aromatic rings. The molecule has 0 bridgehead atoms. The summed E-state index contributed by atoms with van der Waals surface area (Å²) in [5.74, 6) is 1.06. The maximum absolute atomic E-state index is 4.30. The van der Waals surface area contributed by atoms with Crippen molar-refractivity contribution in [1.82, 2.24) is 14.9 Å². The number of aryl methyl sites for hydroxylation is 2. The van der Waals surface area contributed by atoms with Gasteiger partial charge in [0, 0.05) is 44.3 Å². The van der Waals surface area contributed by atoms with Crippen LogP contribution >= 0.6 is 0 Å². The number of aromatic nitrogens is 2. The molecule has 106 valence electrons. The minimum absolute atomic E-state index is 0.924. The van der Waals surface area contributed by atoms with Gasteiger partial charge in [0.1, 0.15) is 5.82 Å². The van der Waals surface area contributed by atoms with E-state index in [4.69, 9.17) is 0 Å². The molecule has 1 saturated heterocycles. The number of anilines is 1. The number of benzene rings is 1. The lowest BCUT2D eigenvalue weighted by Crippen LogP contribution is -2.46. The number of nitrogens with one attached hydrogen (secondary N) is 1. The van der Waals surface area contributed by atoms with Gasteiger partial charge in [-0.3, -0.25) is 4.90 Å². The minimum atomic E-state index is 0.924. The number of H-pyrrole nitrogens is 1. The topological polar surface area (TPSA) is 35.2 Å². The van der Waals surface area contributed by atoms with Gasteiger partial charge in [0.15, 0.2) is 0 Å². The summed E-state index contributed by atoms with van der Waals surface area (Å²) in [6, 6.07) is 6.55. The zero-order valence-electron chi connectivity index (χ0n) is 12.3. The van der Waals surface area contributed by atoms with Crippen molar-refractivity contribution in [3.63, 3.8) is 0 Å². The van der Waals surface area contributed by atoms with Crippen molar-refractivity contribution in [3.05, 3.63) is 47.5 Å². The summed E-state index contributed by atoms with van der Waals surface area (Å²) < 4.78 is 0. The standard InChI is InChI=1S/C16H22N4/c1-13-4-3-5-14(2)16(13)20-10-8-19(9-11-20)12-15-17-6-7-18-15/h3-7H,8-12H2,1-2H3,(H,17,18). The molecule has 1 fully saturated rings. The molecule has 1 N–H and O–H groups in total. The second-order valence-corrected chi connectivity index (χ2v) is 5.54. The molecular formula is C16H22N4. The van der Waals surface area contributed by atoms with E-state index in [0.717, 1.165) is 38.5 Å². The maximum atomic E-state index is 4.30. The van der Waals surface area contributed by atoms with Gasteiger partial charge in [0.2, 0.25) is 0 Å². The van der Waals surface area contributed by atoms with Crippen molar-refractivity contribution in [1.29, 1.82) is 0 Å². The first-order chi connectivity index (χ1) is 9.74. The van der Waals surface area contributed by atoms with Crippen LogP contribution in [0.2, 0.25) is 0 Å². The van der Waals surface area contributed by atoms with Gasteiger partial charge in [-0.1, -0.05) is 18.2 Å². The largest absolute Gasteiger partial charge is 0.369 e. The number of hydrogen-bond donors (Lipinski definition) is 1. The Bertz CT molecular complexity index is 534. The normalized spacial score (nSPS) is 16.6. The number of para-hydroxylation sites is 1. The number of imidazole rings is 1. The Morgan fingerprint density at radius 3 is 2.40 bits per heavy atom. The summed E-state index contributed by atoms with van der Waals surface area (Å²) in [7, 11) is 0. The molecule has 2 heterocycles. The molecule has 1 aliphatic heterocycles. The minimum Gasteiger partial charge on any atom is -0.369 e. The fourth-order valence-electron chi connectivity index (χ4n) is 3.03. The molecule has 0 aliphatic carbocycles. The highest BCUT2D eigenvalue weighted by molar-refractivity contribution is 5.59. The van der Waals surface area contributed by atoms with Crippen LogP contribution in [0.5, 0.6) is 0 Å². The third-order valence-electron chi connectivity index (χ3n) is 4.06. The number of aromatic amines is 1. The van der Waals surface area contributed by atoms with E-state index in [9.17, 15) is 0 Å². The second-order valence-electron chi connectivity index (χ2n) is 5.54. The fraction of sp³-hybridized carbons (Fsp3) is 0.438. The first-order valence-corrected chi connectivity index (χ1v) is 7.26. The van der Waals surface area contributed by atoms with Gasteiger partial charge in [-0.25, -0.2) is 4.98 Å². The highest BCUT2D eigenvalue weighted by atomic mass is 15.3. The number of rotatable bonds is 3. The predicted octanol–water partition coefficient (Wildman–Crippen LogP) is 2.35. The van der Waals surface area contributed by atoms with Crippen molar-refractivity contribution in [2.75, 3.05) is 31.1 Å². The Labute approximate surface area is 120 Å². The Morgan fingerprint density at radius 1 is 1.10 bits per heavy atom. The van der Waals surface area contributed by atoms with Crippen LogP contribution < -0.4 is 4.90 Å². The summed E-state index contributed by atoms with van der Waals surface area (Å²) in [6.07, 6.45) is 3.71. The van der Waals surface area contributed by atoms with E-state index >= 15 is 0 Å². The Kier molecular flexibility index (Phi) is 3.74. The summed E-state index contributed by atoms with van der Waals surface area (Å²) in [5, 5.41) is 0. The van der Waals surface area contributed by atoms with Crippen LogP contribution in [-0.2, 0) is 6.54 Å². The molecule has 0 atom stereocenters. The first-order valence-electron chi connectivity index (χ1n) is 7.26. The fourth-order valence-corrected chi connectivity index (χ4v) is 3.03. The lowest BCUT2D eigenvalue weighted by molar-refractivity contribution is 0.244. The van der Waals surface area contributed by atoms with E-state index in [1.807, 2.05) is 12.4 Å². The molecule has 0 spiro atoms. The monoisotopic (exact) mass is 270 g/mol. The lowest BCUT2D eigenvalue weighted by atomic mass is 10.1. The maximum Gasteiger partial charge on any atom is 0.120 e. The van der Waals surface area contributed by atoms with Crippen LogP contribution in [0, 0.1) is 13.8 Å². The molecular weight excluding hydrogens is 248 g/mol. The Morgan fingerprint density at radius 2 is 1.80 bits per heavy atom. The van der Waals surface area contributed by atoms with Gasteiger partial charge in [-0.2, -0.15) is 0 Å². The van der Waals surface area contributed by atoms with E-state index in [-0.39, 0.29) is 0 Å². The second kappa shape index (κ2) is 5.67. The van der Waals surface area contributed by atoms with Gasteiger partial charge < -0.3 is 9.88 Å². The molecule has 0 saturated carbocycles. The van der Waals surface area contributed by atoms with Crippen molar-refractivity contribution in [2.45, 2.75) is 20.4 Å². The van der Waals surface area contributed by atoms with Crippen molar-refractivity contribution in [3.8, 4) is 0 Å². The smallest absolute Gasteiger partial charge is 0.120 e. The van der Waals surface area contributed by atoms with E-state index in [1.165, 1.54) is 16.8 Å². The number of nitrogens with zero attached hydrogens (tertiary/aromatic N) is 3. The van der Waals surface area contributed by atoms with Gasteiger partial charge >= 0.3 is 0 Å². The van der Waals surface area contributed by atoms with Gasteiger partial charge in [-0.05, 0) is 25.0 Å². The highest BCUT2D eigenvalue weighted by Crippen LogP contribution is 2.25. The van der Waals surface area contributed by atoms with Crippen LogP contribution in [-0.4, -0.2) is 41.0 Å². The van der Waals surface area contributed by atoms with E-state index < -0.39 is 0 Å². The van der Waals surface area contributed by atoms with Gasteiger partial charge in [0.25, 0.3) is 0 Å². The summed E-state index contributed by atoms with van der Waals surface area (Å²) in [4.78, 5) is 12.5. The van der Waals surface area contributed by atoms with Crippen LogP contribution in [0.1, 0.15) is 17.0 Å². The van der Waals surface area contributed by atoms with Crippen LogP contribution in [0.25, 0.3) is 0 Å². The number of hydrogen-bond acceptors (Lipinski definition) is 3. The van der Waals surface area contributed by atoms with Gasteiger partial charge in [0.05, 0.1) is 6.54 Å². The summed E-state index contributed by atoms with van der Waals surface area (Å²) >= 11 is 0. The van der Waals surface area contributed by atoms with E-state index in [0.29, 0.717) is 0 Å². The Balaban J connectivity index is 1.64. The zero-order chi connectivity index (χ0) is 13.9. The number of piperazine rings is 1. The van der Waals surface area contributed by atoms with E-state index in [1.54, 1.807) is 0 Å². The first kappa shape index (κ1) is 13.2. The van der Waals surface area contributed by atoms with Crippen LogP contribution in [0.15, 0.2) is 30.6 Å². The third kappa shape index (κ3) is 2.70. The molecule has 0 unspecified atom stereocenters. The zero-order valence-corrected chi connectivity index (χ0v) is 12.3. The van der Waals surface area contributed by atoms with Crippen LogP contribution in [0.4, 0.5) is 5.69 Å². The molecule has 20 heavy (non-hydrogen) atoms. The molecule has 1 aliphatic rings. The molecule has 4 nitrogen and oxygen atoms in total. The SMILES string of the molecule is Cc1cccc(C)c1N1CCN(Cc2ncc[nH]2)CC1. The average Bonchev–Trinajstić information content (AvgIpc) is 2.93. The third-order valence-corrected chi connectivity index (χ3v) is 4.06. The molecule has 0 amide bonds. The quantitative estimate of drug-likeness (QED) is 0.930. The van der Waals surface area contributed by atoms with Crippen LogP contribution in [0.3, 0.4) is 0 Å². The molecule has 4 heteroatoms. The molecule has 1 aromatic carbocycles. The van der Waals surface area contributed by atoms with Crippen molar-refractivity contribution in [2.24, 2.45) is 0 Å². The lowest BCUT2D eigenvalue weighted by Gasteiger charge is -2.37. The van der Waals surface area contributed by atoms with Crippen molar-refractivity contribution >= 4 is 5.69 Å². The van der Waals surface area contributed by atoms with E-state index in [2.05, 4.69) is 51.8 Å². The summed E-state index contributed by atoms with van der Waals surface area (Å²) in [5.41, 5.74) is 4.18. The van der Waals surface area contributed by atoms with Crippen molar-refractivity contribution < 1.29 is 0 Å². The summed E-state index contributed by atoms with van der Waals surface area (Å²) in [6.45, 7) is 9.70.